The minimum Gasteiger partial charge on any atom is -0.481 e. The molecule has 8 nitrogen and oxygen atoms in total. The van der Waals surface area contributed by atoms with Crippen molar-refractivity contribution in [3.05, 3.63) is 28.3 Å². The maximum absolute atomic E-state index is 11.5. The number of aliphatic carboxylic acids is 1. The van der Waals surface area contributed by atoms with E-state index in [-0.39, 0.29) is 17.1 Å². The molecule has 0 aromatic heterocycles. The highest BCUT2D eigenvalue weighted by molar-refractivity contribution is 5.99. The first-order valence-electron chi connectivity index (χ1n) is 4.95. The van der Waals surface area contributed by atoms with Crippen LogP contribution in [0.4, 0.5) is 11.4 Å². The molecule has 94 valence electrons. The molecular formula is C10H8N2O6. The smallest absolute Gasteiger partial charge is 0.307 e. The van der Waals surface area contributed by atoms with Gasteiger partial charge < -0.3 is 15.2 Å². The van der Waals surface area contributed by atoms with Gasteiger partial charge in [0.05, 0.1) is 23.1 Å². The number of non-ortho nitro benzene ring substituents is 1. The number of anilines is 1. The Morgan fingerprint density at radius 1 is 1.56 bits per heavy atom. The van der Waals surface area contributed by atoms with Gasteiger partial charge in [0.15, 0.2) is 11.9 Å². The first kappa shape index (κ1) is 11.8. The average Bonchev–Trinajstić information content (AvgIpc) is 2.28. The number of nitrogens with zero attached hydrogens (tertiary/aromatic N) is 1. The summed E-state index contributed by atoms with van der Waals surface area (Å²) in [7, 11) is 0. The van der Waals surface area contributed by atoms with Crippen LogP contribution >= 0.6 is 0 Å². The summed E-state index contributed by atoms with van der Waals surface area (Å²) in [5.41, 5.74) is 0.0891. The fourth-order valence-electron chi connectivity index (χ4n) is 1.54. The maximum Gasteiger partial charge on any atom is 0.307 e. The van der Waals surface area contributed by atoms with E-state index in [4.69, 9.17) is 9.84 Å². The number of nitrogens with one attached hydrogen (secondary N) is 1. The third kappa shape index (κ3) is 2.21. The maximum atomic E-state index is 11.5. The predicted octanol–water partition coefficient (Wildman–Crippen LogP) is 0.769. The predicted molar refractivity (Wildman–Crippen MR) is 58.4 cm³/mol. The minimum atomic E-state index is -1.19. The number of fused-ring (bicyclic) bond motifs is 1. The van der Waals surface area contributed by atoms with E-state index in [0.29, 0.717) is 0 Å². The summed E-state index contributed by atoms with van der Waals surface area (Å²) >= 11 is 0. The second-order valence-electron chi connectivity index (χ2n) is 3.63. The van der Waals surface area contributed by atoms with Crippen molar-refractivity contribution < 1.29 is 24.4 Å². The number of amides is 1. The van der Waals surface area contributed by atoms with E-state index < -0.39 is 29.3 Å². The van der Waals surface area contributed by atoms with E-state index in [1.807, 2.05) is 0 Å². The lowest BCUT2D eigenvalue weighted by molar-refractivity contribution is -0.384. The number of carbonyl (C=O) groups excluding carboxylic acids is 1. The van der Waals surface area contributed by atoms with E-state index in [9.17, 15) is 19.7 Å². The van der Waals surface area contributed by atoms with Crippen LogP contribution in [0.15, 0.2) is 18.2 Å². The molecular weight excluding hydrogens is 244 g/mol. The van der Waals surface area contributed by atoms with Crippen LogP contribution in [0.5, 0.6) is 5.75 Å². The molecule has 0 spiro atoms. The molecule has 2 rings (SSSR count). The van der Waals surface area contributed by atoms with Crippen LogP contribution in [-0.2, 0) is 9.59 Å². The average molecular weight is 252 g/mol. The molecule has 1 aromatic rings. The van der Waals surface area contributed by atoms with E-state index >= 15 is 0 Å². The standard InChI is InChI=1S/C10H8N2O6/c13-9(14)4-8-10(15)11-6-2-1-5(12(16)17)3-7(6)18-8/h1-3,8H,4H2,(H,11,15)(H,13,14). The second kappa shape index (κ2) is 4.32. The number of carboxylic acids is 1. The summed E-state index contributed by atoms with van der Waals surface area (Å²) in [4.78, 5) is 32.0. The van der Waals surface area contributed by atoms with Gasteiger partial charge in [-0.3, -0.25) is 19.7 Å². The lowest BCUT2D eigenvalue weighted by atomic mass is 10.1. The highest BCUT2D eigenvalue weighted by atomic mass is 16.6. The Bertz CT molecular complexity index is 541. The lowest BCUT2D eigenvalue weighted by Gasteiger charge is -2.24. The van der Waals surface area contributed by atoms with Gasteiger partial charge in [0.2, 0.25) is 0 Å². The number of ether oxygens (including phenoxy) is 1. The van der Waals surface area contributed by atoms with Crippen LogP contribution in [0.2, 0.25) is 0 Å². The van der Waals surface area contributed by atoms with Crippen LogP contribution in [0, 0.1) is 10.1 Å². The minimum absolute atomic E-state index is 0.0926. The number of hydrogen-bond acceptors (Lipinski definition) is 5. The molecule has 0 saturated carbocycles. The highest BCUT2D eigenvalue weighted by Gasteiger charge is 2.30. The van der Waals surface area contributed by atoms with Crippen molar-refractivity contribution in [1.29, 1.82) is 0 Å². The summed E-state index contributed by atoms with van der Waals surface area (Å²) in [5.74, 6) is -1.68. The molecule has 8 heteroatoms. The van der Waals surface area contributed by atoms with Crippen LogP contribution in [0.1, 0.15) is 6.42 Å². The Morgan fingerprint density at radius 2 is 2.28 bits per heavy atom. The molecule has 1 unspecified atom stereocenters. The van der Waals surface area contributed by atoms with Gasteiger partial charge in [-0.15, -0.1) is 0 Å². The summed E-state index contributed by atoms with van der Waals surface area (Å²) in [6.45, 7) is 0. The molecule has 1 amide bonds. The molecule has 1 aliphatic heterocycles. The largest absolute Gasteiger partial charge is 0.481 e. The van der Waals surface area contributed by atoms with Crippen molar-refractivity contribution in [2.24, 2.45) is 0 Å². The quantitative estimate of drug-likeness (QED) is 0.605. The van der Waals surface area contributed by atoms with Crippen LogP contribution in [-0.4, -0.2) is 28.0 Å². The first-order chi connectivity index (χ1) is 8.47. The Morgan fingerprint density at radius 3 is 2.89 bits per heavy atom. The van der Waals surface area contributed by atoms with E-state index in [1.165, 1.54) is 12.1 Å². The number of carboxylic acid groups (broad SMARTS) is 1. The topological polar surface area (TPSA) is 119 Å². The zero-order valence-corrected chi connectivity index (χ0v) is 8.95. The number of nitro groups is 1. The summed E-state index contributed by atoms with van der Waals surface area (Å²) in [6.07, 6.45) is -1.69. The second-order valence-corrected chi connectivity index (χ2v) is 3.63. The van der Waals surface area contributed by atoms with Gasteiger partial charge >= 0.3 is 5.97 Å². The molecule has 0 fully saturated rings. The van der Waals surface area contributed by atoms with Crippen molar-refractivity contribution in [3.63, 3.8) is 0 Å². The molecule has 0 saturated heterocycles. The van der Waals surface area contributed by atoms with Gasteiger partial charge in [0, 0.05) is 6.07 Å². The van der Waals surface area contributed by atoms with Crippen molar-refractivity contribution >= 4 is 23.3 Å². The molecule has 0 aliphatic carbocycles. The van der Waals surface area contributed by atoms with Gasteiger partial charge in [-0.2, -0.15) is 0 Å². The zero-order chi connectivity index (χ0) is 13.3. The van der Waals surface area contributed by atoms with Gasteiger partial charge in [0.1, 0.15) is 0 Å². The third-order valence-electron chi connectivity index (χ3n) is 2.36. The molecule has 1 heterocycles. The molecule has 0 bridgehead atoms. The van der Waals surface area contributed by atoms with Crippen LogP contribution in [0.25, 0.3) is 0 Å². The molecule has 1 aliphatic rings. The van der Waals surface area contributed by atoms with Gasteiger partial charge in [-0.25, -0.2) is 0 Å². The van der Waals surface area contributed by atoms with Crippen LogP contribution < -0.4 is 10.1 Å². The Balaban J connectivity index is 2.30. The number of benzene rings is 1. The monoisotopic (exact) mass is 252 g/mol. The van der Waals surface area contributed by atoms with Gasteiger partial charge in [0.25, 0.3) is 11.6 Å². The Hall–Kier alpha value is -2.64. The fraction of sp³-hybridized carbons (Fsp3) is 0.200. The number of hydrogen-bond donors (Lipinski definition) is 2. The van der Waals surface area contributed by atoms with Gasteiger partial charge in [-0.05, 0) is 6.07 Å². The van der Waals surface area contributed by atoms with E-state index in [1.54, 1.807) is 0 Å². The first-order valence-corrected chi connectivity index (χ1v) is 4.95. The molecule has 1 atom stereocenters. The summed E-state index contributed by atoms with van der Waals surface area (Å²) in [6, 6.07) is 3.70. The highest BCUT2D eigenvalue weighted by Crippen LogP contribution is 2.33. The zero-order valence-electron chi connectivity index (χ0n) is 8.95. The lowest BCUT2D eigenvalue weighted by Crippen LogP contribution is -2.38. The molecule has 18 heavy (non-hydrogen) atoms. The van der Waals surface area contributed by atoms with Crippen molar-refractivity contribution in [3.8, 4) is 5.75 Å². The van der Waals surface area contributed by atoms with Crippen LogP contribution in [0.3, 0.4) is 0 Å². The fourth-order valence-corrected chi connectivity index (χ4v) is 1.54. The number of rotatable bonds is 3. The molecule has 1 aromatic carbocycles. The van der Waals surface area contributed by atoms with Crippen molar-refractivity contribution in [1.82, 2.24) is 0 Å². The molecule has 0 radical (unpaired) electrons. The van der Waals surface area contributed by atoms with Crippen molar-refractivity contribution in [2.75, 3.05) is 5.32 Å². The summed E-state index contributed by atoms with van der Waals surface area (Å²) in [5, 5.41) is 21.6. The number of carbonyl (C=O) groups is 2. The van der Waals surface area contributed by atoms with E-state index in [0.717, 1.165) is 6.07 Å². The Kier molecular flexibility index (Phi) is 2.84. The van der Waals surface area contributed by atoms with Gasteiger partial charge in [-0.1, -0.05) is 0 Å². The summed E-state index contributed by atoms with van der Waals surface area (Å²) < 4.78 is 5.15. The Labute approximate surface area is 100 Å². The van der Waals surface area contributed by atoms with Crippen molar-refractivity contribution in [2.45, 2.75) is 12.5 Å². The SMILES string of the molecule is O=C(O)CC1Oc2cc([N+](=O)[O-])ccc2NC1=O. The normalized spacial score (nSPS) is 17.3. The third-order valence-corrected chi connectivity index (χ3v) is 2.36. The molecule has 2 N–H and O–H groups in total. The number of nitro benzene ring substituents is 1. The van der Waals surface area contributed by atoms with E-state index in [2.05, 4.69) is 5.32 Å².